The van der Waals surface area contributed by atoms with Crippen LogP contribution in [0.5, 0.6) is 5.75 Å². The van der Waals surface area contributed by atoms with Crippen LogP contribution in [-0.4, -0.2) is 55.3 Å². The van der Waals surface area contributed by atoms with Crippen LogP contribution < -0.4 is 9.64 Å². The number of benzene rings is 2. The first kappa shape index (κ1) is 24.8. The van der Waals surface area contributed by atoms with Crippen LogP contribution in [0.3, 0.4) is 0 Å². The topological polar surface area (TPSA) is 87.2 Å². The van der Waals surface area contributed by atoms with Crippen molar-refractivity contribution in [2.75, 3.05) is 24.5 Å². The Kier molecular flexibility index (Phi) is 6.67. The summed E-state index contributed by atoms with van der Waals surface area (Å²) in [5.74, 6) is -1.38. The molecule has 1 fully saturated rings. The minimum atomic E-state index is -4.77. The van der Waals surface area contributed by atoms with Gasteiger partial charge in [0.25, 0.3) is 0 Å². The van der Waals surface area contributed by atoms with Crippen LogP contribution in [0, 0.1) is 6.92 Å². The van der Waals surface area contributed by atoms with Gasteiger partial charge in [-0.15, -0.1) is 13.2 Å². The van der Waals surface area contributed by atoms with Crippen LogP contribution in [0.15, 0.2) is 47.4 Å². The highest BCUT2D eigenvalue weighted by atomic mass is 32.2. The maximum Gasteiger partial charge on any atom is 0.573 e. The van der Waals surface area contributed by atoms with E-state index in [1.54, 1.807) is 26.8 Å². The molecule has 1 aliphatic rings. The molecule has 0 unspecified atom stereocenters. The minimum absolute atomic E-state index is 0.0273. The number of nitrogens with zero attached hydrogens (tertiary/aromatic N) is 2. The number of ether oxygens (including phenoxy) is 1. The standard InChI is InChI=1S/C22H25F3N2O5S/c1-15-4-9-19(12-16(15)13-20(28)29)33(30,31)27-11-10-26(14-21(27,2)3)17-5-7-18(8-6-17)32-22(23,24)25/h4-9,12H,10-11,13-14H2,1-3H3,(H,28,29). The smallest absolute Gasteiger partial charge is 0.481 e. The Labute approximate surface area is 190 Å². The van der Waals surface area contributed by atoms with Gasteiger partial charge in [-0.2, -0.15) is 4.31 Å². The van der Waals surface area contributed by atoms with Crippen LogP contribution in [0.2, 0.25) is 0 Å². The molecule has 7 nitrogen and oxygen atoms in total. The van der Waals surface area contributed by atoms with Gasteiger partial charge in [-0.05, 0) is 68.3 Å². The molecule has 1 heterocycles. The van der Waals surface area contributed by atoms with Gasteiger partial charge in [-0.3, -0.25) is 4.79 Å². The van der Waals surface area contributed by atoms with E-state index in [0.29, 0.717) is 29.9 Å². The quantitative estimate of drug-likeness (QED) is 0.668. The number of halogens is 3. The fourth-order valence-electron chi connectivity index (χ4n) is 3.95. The van der Waals surface area contributed by atoms with E-state index in [-0.39, 0.29) is 23.6 Å². The van der Waals surface area contributed by atoms with Crippen molar-refractivity contribution < 1.29 is 36.2 Å². The third-order valence-electron chi connectivity index (χ3n) is 5.51. The van der Waals surface area contributed by atoms with Crippen molar-refractivity contribution in [3.8, 4) is 5.75 Å². The molecule has 2 aromatic rings. The van der Waals surface area contributed by atoms with E-state index in [1.807, 2.05) is 4.90 Å². The van der Waals surface area contributed by atoms with E-state index in [2.05, 4.69) is 4.74 Å². The molecule has 0 radical (unpaired) electrons. The maximum absolute atomic E-state index is 13.4. The second-order valence-corrected chi connectivity index (χ2v) is 10.4. The van der Waals surface area contributed by atoms with E-state index < -0.39 is 27.9 Å². The SMILES string of the molecule is Cc1ccc(S(=O)(=O)N2CCN(c3ccc(OC(F)(F)F)cc3)CC2(C)C)cc1CC(=O)O. The lowest BCUT2D eigenvalue weighted by Crippen LogP contribution is -2.61. The van der Waals surface area contributed by atoms with Crippen molar-refractivity contribution in [1.82, 2.24) is 4.31 Å². The molecule has 33 heavy (non-hydrogen) atoms. The highest BCUT2D eigenvalue weighted by Gasteiger charge is 2.42. The first-order chi connectivity index (χ1) is 15.2. The molecular weight excluding hydrogens is 461 g/mol. The molecule has 0 spiro atoms. The monoisotopic (exact) mass is 486 g/mol. The van der Waals surface area contributed by atoms with Gasteiger partial charge >= 0.3 is 12.3 Å². The normalized spacial score (nSPS) is 17.1. The molecule has 0 atom stereocenters. The number of hydrogen-bond donors (Lipinski definition) is 1. The van der Waals surface area contributed by atoms with Crippen molar-refractivity contribution in [2.45, 2.75) is 44.0 Å². The highest BCUT2D eigenvalue weighted by molar-refractivity contribution is 7.89. The average molecular weight is 487 g/mol. The fourth-order valence-corrected chi connectivity index (χ4v) is 5.77. The number of sulfonamides is 1. The van der Waals surface area contributed by atoms with Crippen molar-refractivity contribution >= 4 is 21.7 Å². The second-order valence-electron chi connectivity index (χ2n) is 8.51. The molecule has 3 rings (SSSR count). The van der Waals surface area contributed by atoms with Crippen LogP contribution >= 0.6 is 0 Å². The lowest BCUT2D eigenvalue weighted by molar-refractivity contribution is -0.274. The zero-order chi connectivity index (χ0) is 24.6. The van der Waals surface area contributed by atoms with Crippen LogP contribution in [0.4, 0.5) is 18.9 Å². The predicted octanol–water partition coefficient (Wildman–Crippen LogP) is 3.81. The third-order valence-corrected chi connectivity index (χ3v) is 7.62. The van der Waals surface area contributed by atoms with Crippen LogP contribution in [0.25, 0.3) is 0 Å². The Morgan fingerprint density at radius 2 is 1.76 bits per heavy atom. The van der Waals surface area contributed by atoms with E-state index in [0.717, 1.165) is 0 Å². The summed E-state index contributed by atoms with van der Waals surface area (Å²) in [7, 11) is -3.91. The molecule has 0 saturated carbocycles. The lowest BCUT2D eigenvalue weighted by atomic mass is 10.0. The third kappa shape index (κ3) is 5.77. The molecule has 0 aliphatic carbocycles. The van der Waals surface area contributed by atoms with E-state index in [9.17, 15) is 26.4 Å². The molecule has 1 N–H and O–H groups in total. The summed E-state index contributed by atoms with van der Waals surface area (Å²) in [4.78, 5) is 13.0. The number of piperazine rings is 1. The molecule has 0 amide bonds. The number of alkyl halides is 3. The Bertz CT molecular complexity index is 1130. The molecule has 1 aliphatic heterocycles. The fraction of sp³-hybridized carbons (Fsp3) is 0.409. The Hall–Kier alpha value is -2.79. The van der Waals surface area contributed by atoms with Gasteiger partial charge in [0.15, 0.2) is 0 Å². The molecule has 0 bridgehead atoms. The second kappa shape index (κ2) is 8.86. The van der Waals surface area contributed by atoms with E-state index in [1.165, 1.54) is 40.7 Å². The summed E-state index contributed by atoms with van der Waals surface area (Å²) in [6.45, 7) is 6.05. The summed E-state index contributed by atoms with van der Waals surface area (Å²) in [5.41, 5.74) is 0.934. The van der Waals surface area contributed by atoms with Gasteiger partial charge in [0.1, 0.15) is 5.75 Å². The minimum Gasteiger partial charge on any atom is -0.481 e. The number of carboxylic acid groups (broad SMARTS) is 1. The molecule has 11 heteroatoms. The largest absolute Gasteiger partial charge is 0.573 e. The Morgan fingerprint density at radius 1 is 1.12 bits per heavy atom. The van der Waals surface area contributed by atoms with E-state index >= 15 is 0 Å². The van der Waals surface area contributed by atoms with Gasteiger partial charge in [0.2, 0.25) is 10.0 Å². The first-order valence-electron chi connectivity index (χ1n) is 10.1. The highest BCUT2D eigenvalue weighted by Crippen LogP contribution is 2.32. The van der Waals surface area contributed by atoms with Gasteiger partial charge in [-0.25, -0.2) is 8.42 Å². The number of carboxylic acids is 1. The van der Waals surface area contributed by atoms with Crippen molar-refractivity contribution in [2.24, 2.45) is 0 Å². The molecule has 2 aromatic carbocycles. The van der Waals surface area contributed by atoms with Crippen molar-refractivity contribution in [3.05, 3.63) is 53.6 Å². The van der Waals surface area contributed by atoms with Crippen LogP contribution in [0.1, 0.15) is 25.0 Å². The molecule has 1 saturated heterocycles. The maximum atomic E-state index is 13.4. The van der Waals surface area contributed by atoms with Crippen LogP contribution in [-0.2, 0) is 21.2 Å². The van der Waals surface area contributed by atoms with Gasteiger partial charge < -0.3 is 14.7 Å². The zero-order valence-corrected chi connectivity index (χ0v) is 19.2. The number of aryl methyl sites for hydroxylation is 1. The van der Waals surface area contributed by atoms with Crippen molar-refractivity contribution in [3.63, 3.8) is 0 Å². The predicted molar refractivity (Wildman–Crippen MR) is 116 cm³/mol. The summed E-state index contributed by atoms with van der Waals surface area (Å²) in [6, 6.07) is 9.90. The van der Waals surface area contributed by atoms with Gasteiger partial charge in [0, 0.05) is 30.9 Å². The molecule has 180 valence electrons. The Morgan fingerprint density at radius 3 is 2.30 bits per heavy atom. The number of carbonyl (C=O) groups is 1. The molecular formula is C22H25F3N2O5S. The number of hydrogen-bond acceptors (Lipinski definition) is 5. The van der Waals surface area contributed by atoms with Crippen molar-refractivity contribution in [1.29, 1.82) is 0 Å². The van der Waals surface area contributed by atoms with E-state index in [4.69, 9.17) is 5.11 Å². The number of rotatable bonds is 6. The van der Waals surface area contributed by atoms with Gasteiger partial charge in [0.05, 0.1) is 11.3 Å². The number of anilines is 1. The average Bonchev–Trinajstić information content (AvgIpc) is 2.67. The summed E-state index contributed by atoms with van der Waals surface area (Å²) < 4.78 is 69.2. The Balaban J connectivity index is 1.81. The lowest BCUT2D eigenvalue weighted by Gasteiger charge is -2.46. The summed E-state index contributed by atoms with van der Waals surface area (Å²) in [5, 5.41) is 9.10. The summed E-state index contributed by atoms with van der Waals surface area (Å²) >= 11 is 0. The zero-order valence-electron chi connectivity index (χ0n) is 18.4. The molecule has 0 aromatic heterocycles. The van der Waals surface area contributed by atoms with Gasteiger partial charge in [-0.1, -0.05) is 6.07 Å². The number of aliphatic carboxylic acids is 1. The summed E-state index contributed by atoms with van der Waals surface area (Å²) in [6.07, 6.45) is -5.05. The first-order valence-corrected chi connectivity index (χ1v) is 11.6.